The summed E-state index contributed by atoms with van der Waals surface area (Å²) in [7, 11) is -0.732. The van der Waals surface area contributed by atoms with Crippen LogP contribution in [0.4, 0.5) is 0 Å². The van der Waals surface area contributed by atoms with Gasteiger partial charge in [0.15, 0.2) is 0 Å². The van der Waals surface area contributed by atoms with Crippen LogP contribution >= 0.6 is 40.9 Å². The van der Waals surface area contributed by atoms with E-state index >= 15 is 0 Å². The molecular weight excluding hydrogens is 405 g/mol. The second-order valence-electron chi connectivity index (χ2n) is 1.73. The van der Waals surface area contributed by atoms with Crippen molar-refractivity contribution in [2.24, 2.45) is 5.92 Å². The van der Waals surface area contributed by atoms with E-state index in [2.05, 4.69) is 40.9 Å². The summed E-state index contributed by atoms with van der Waals surface area (Å²) in [5.74, 6) is 0.440. The zero-order chi connectivity index (χ0) is 7.86. The Balaban J connectivity index is 0. The molecule has 0 saturated carbocycles. The van der Waals surface area contributed by atoms with Crippen molar-refractivity contribution in [2.45, 2.75) is 13.8 Å². The van der Waals surface area contributed by atoms with Gasteiger partial charge >= 0.3 is 50.9 Å². The quantitative estimate of drug-likeness (QED) is 0.653. The van der Waals surface area contributed by atoms with Crippen molar-refractivity contribution in [3.63, 3.8) is 0 Å². The molecule has 0 atom stereocenters. The maximum atomic E-state index is 8.14. The molecular formula is C4H10Br3ORu. The third kappa shape index (κ3) is 39.9. The SMILES string of the molecule is CC(C)CO.[Br][Ru]([Br])[Br]. The molecule has 0 aliphatic rings. The van der Waals surface area contributed by atoms with Crippen molar-refractivity contribution in [1.29, 1.82) is 0 Å². The Hall–Kier alpha value is 2.02. The predicted molar refractivity (Wildman–Crippen MR) is 48.7 cm³/mol. The molecule has 0 aromatic heterocycles. The molecule has 0 amide bonds. The average molecular weight is 415 g/mol. The van der Waals surface area contributed by atoms with Gasteiger partial charge in [-0.15, -0.1) is 0 Å². The molecule has 9 heavy (non-hydrogen) atoms. The predicted octanol–water partition coefficient (Wildman–Crippen LogP) is 3.17. The second kappa shape index (κ2) is 10.0. The minimum atomic E-state index is -0.732. The van der Waals surface area contributed by atoms with Crippen LogP contribution in [0.3, 0.4) is 0 Å². The van der Waals surface area contributed by atoms with Gasteiger partial charge in [0, 0.05) is 6.61 Å². The van der Waals surface area contributed by atoms with Crippen LogP contribution in [0.25, 0.3) is 0 Å². The summed E-state index contributed by atoms with van der Waals surface area (Å²) in [6.07, 6.45) is 0. The summed E-state index contributed by atoms with van der Waals surface area (Å²) in [5, 5.41) is 8.14. The van der Waals surface area contributed by atoms with Crippen molar-refractivity contribution >= 4 is 40.9 Å². The van der Waals surface area contributed by atoms with Crippen molar-refractivity contribution in [1.82, 2.24) is 0 Å². The number of rotatable bonds is 1. The first-order valence-electron chi connectivity index (χ1n) is 2.28. The van der Waals surface area contributed by atoms with Gasteiger partial charge < -0.3 is 5.11 Å². The number of halogens is 3. The van der Waals surface area contributed by atoms with E-state index in [4.69, 9.17) is 5.11 Å². The van der Waals surface area contributed by atoms with Crippen molar-refractivity contribution in [3.8, 4) is 0 Å². The normalized spacial score (nSPS) is 10.3. The zero-order valence-corrected chi connectivity index (χ0v) is 11.7. The van der Waals surface area contributed by atoms with Crippen LogP contribution in [0, 0.1) is 5.92 Å². The van der Waals surface area contributed by atoms with Gasteiger partial charge in [0.05, 0.1) is 0 Å². The summed E-state index contributed by atoms with van der Waals surface area (Å²) in [5.41, 5.74) is 0. The molecule has 0 fully saturated rings. The Morgan fingerprint density at radius 1 is 1.33 bits per heavy atom. The van der Waals surface area contributed by atoms with E-state index in [9.17, 15) is 0 Å². The fraction of sp³-hybridized carbons (Fsp3) is 1.00. The first-order chi connectivity index (χ1) is 4.00. The molecule has 1 nitrogen and oxygen atoms in total. The van der Waals surface area contributed by atoms with Crippen LogP contribution in [0.5, 0.6) is 0 Å². The third-order valence-electron chi connectivity index (χ3n) is 0.365. The van der Waals surface area contributed by atoms with Crippen LogP contribution in [-0.4, -0.2) is 11.7 Å². The van der Waals surface area contributed by atoms with E-state index in [0.29, 0.717) is 12.5 Å². The van der Waals surface area contributed by atoms with E-state index in [0.717, 1.165) is 0 Å². The molecule has 0 aliphatic carbocycles. The molecule has 61 valence electrons. The molecule has 0 spiro atoms. The average Bonchev–Trinajstić information content (AvgIpc) is 1.65. The summed E-state index contributed by atoms with van der Waals surface area (Å²) < 4.78 is 0. The molecule has 0 aromatic rings. The number of aliphatic hydroxyl groups excluding tert-OH is 1. The first kappa shape index (κ1) is 13.6. The van der Waals surface area contributed by atoms with Crippen molar-refractivity contribution in [2.75, 3.05) is 6.61 Å². The van der Waals surface area contributed by atoms with Gasteiger partial charge in [0.25, 0.3) is 0 Å². The van der Waals surface area contributed by atoms with Gasteiger partial charge in [-0.25, -0.2) is 0 Å². The van der Waals surface area contributed by atoms with Crippen LogP contribution in [0.15, 0.2) is 0 Å². The fourth-order valence-corrected chi connectivity index (χ4v) is 0. The van der Waals surface area contributed by atoms with Gasteiger partial charge in [0.2, 0.25) is 0 Å². The zero-order valence-electron chi connectivity index (χ0n) is 5.22. The van der Waals surface area contributed by atoms with Gasteiger partial charge in [-0.2, -0.15) is 0 Å². The van der Waals surface area contributed by atoms with E-state index in [1.165, 1.54) is 0 Å². The first-order valence-corrected chi connectivity index (χ1v) is 14.2. The topological polar surface area (TPSA) is 20.2 Å². The standard InChI is InChI=1S/C4H10O.3BrH.Ru/c1-4(2)3-5;;;;/h4-5H,3H2,1-2H3;3*1H;/q;;;;+3/p-3. The van der Waals surface area contributed by atoms with E-state index in [-0.39, 0.29) is 0 Å². The summed E-state index contributed by atoms with van der Waals surface area (Å²) in [4.78, 5) is 0. The van der Waals surface area contributed by atoms with E-state index < -0.39 is 10.1 Å². The van der Waals surface area contributed by atoms with Crippen LogP contribution < -0.4 is 0 Å². The molecule has 0 aromatic carbocycles. The maximum absolute atomic E-state index is 8.14. The van der Waals surface area contributed by atoms with E-state index in [1.54, 1.807) is 0 Å². The van der Waals surface area contributed by atoms with Gasteiger partial charge in [-0.3, -0.25) is 0 Å². The van der Waals surface area contributed by atoms with Crippen LogP contribution in [0.1, 0.15) is 13.8 Å². The number of aliphatic hydroxyl groups is 1. The van der Waals surface area contributed by atoms with Gasteiger partial charge in [0.1, 0.15) is 0 Å². The molecule has 0 radical (unpaired) electrons. The summed E-state index contributed by atoms with van der Waals surface area (Å²) in [6.45, 7) is 4.25. The third-order valence-corrected chi connectivity index (χ3v) is 0.365. The summed E-state index contributed by atoms with van der Waals surface area (Å²) in [6, 6.07) is 0. The molecule has 0 aliphatic heterocycles. The Labute approximate surface area is 81.6 Å². The molecule has 0 rings (SSSR count). The molecule has 0 saturated heterocycles. The number of hydrogen-bond donors (Lipinski definition) is 1. The monoisotopic (exact) mass is 413 g/mol. The minimum absolute atomic E-state index is 0.306. The van der Waals surface area contributed by atoms with E-state index in [1.807, 2.05) is 13.8 Å². The molecule has 1 N–H and O–H groups in total. The van der Waals surface area contributed by atoms with Gasteiger partial charge in [-0.05, 0) is 5.92 Å². The van der Waals surface area contributed by atoms with Crippen molar-refractivity contribution < 1.29 is 15.2 Å². The Kier molecular flexibility index (Phi) is 15.1. The Bertz CT molecular complexity index is 48.3. The van der Waals surface area contributed by atoms with Crippen molar-refractivity contribution in [3.05, 3.63) is 0 Å². The Morgan fingerprint density at radius 2 is 1.44 bits per heavy atom. The van der Waals surface area contributed by atoms with Crippen LogP contribution in [-0.2, 0) is 10.1 Å². The molecule has 5 heteroatoms. The molecule has 0 heterocycles. The Morgan fingerprint density at radius 3 is 1.44 bits per heavy atom. The van der Waals surface area contributed by atoms with Gasteiger partial charge in [-0.1, -0.05) is 13.8 Å². The fourth-order valence-electron chi connectivity index (χ4n) is 0. The van der Waals surface area contributed by atoms with Crippen LogP contribution in [0.2, 0.25) is 0 Å². The summed E-state index contributed by atoms with van der Waals surface area (Å²) >= 11 is 9.74. The number of hydrogen-bond acceptors (Lipinski definition) is 1. The molecule has 0 bridgehead atoms. The second-order valence-corrected chi connectivity index (χ2v) is 25.8. The molecule has 0 unspecified atom stereocenters.